The summed E-state index contributed by atoms with van der Waals surface area (Å²) in [7, 11) is 0. The van der Waals surface area contributed by atoms with Gasteiger partial charge in [0.25, 0.3) is 0 Å². The summed E-state index contributed by atoms with van der Waals surface area (Å²) in [5, 5.41) is 1.01. The predicted octanol–water partition coefficient (Wildman–Crippen LogP) is -1.80. The summed E-state index contributed by atoms with van der Waals surface area (Å²) in [6, 6.07) is 1.95. The second-order valence-electron chi connectivity index (χ2n) is 1.88. The third-order valence-corrected chi connectivity index (χ3v) is 1.76. The fraction of sp³-hybridized carbons (Fsp3) is 0. The van der Waals surface area contributed by atoms with E-state index in [0.29, 0.717) is 0 Å². The quantitative estimate of drug-likeness (QED) is 0.409. The fourth-order valence-corrected chi connectivity index (χ4v) is 1.35. The third kappa shape index (κ3) is 1.75. The first kappa shape index (κ1) is 9.04. The molecule has 0 amide bonds. The Bertz CT molecular complexity index is 326. The van der Waals surface area contributed by atoms with Crippen LogP contribution in [0, 0.1) is 3.70 Å². The van der Waals surface area contributed by atoms with Crippen LogP contribution >= 0.6 is 22.6 Å². The average Bonchev–Trinajstić information content (AvgIpc) is 2.27. The molecule has 3 nitrogen and oxygen atoms in total. The molecule has 0 spiro atoms. The van der Waals surface area contributed by atoms with Crippen molar-refractivity contribution >= 4 is 33.6 Å². The molecule has 2 aromatic heterocycles. The van der Waals surface area contributed by atoms with Crippen LogP contribution in [-0.2, 0) is 0 Å². The SMILES string of the molecule is Ic1cc2cncnc2[n-]1.[Li+]. The van der Waals surface area contributed by atoms with Gasteiger partial charge in [-0.1, -0.05) is 0 Å². The molecule has 0 aliphatic carbocycles. The van der Waals surface area contributed by atoms with E-state index in [1.165, 1.54) is 6.33 Å². The van der Waals surface area contributed by atoms with E-state index in [1.807, 2.05) is 6.07 Å². The van der Waals surface area contributed by atoms with Crippen molar-refractivity contribution in [1.29, 1.82) is 0 Å². The van der Waals surface area contributed by atoms with Gasteiger partial charge in [0.1, 0.15) is 0 Å². The molecule has 0 fully saturated rings. The largest absolute Gasteiger partial charge is 1.00 e. The van der Waals surface area contributed by atoms with Gasteiger partial charge >= 0.3 is 18.9 Å². The van der Waals surface area contributed by atoms with Gasteiger partial charge in [-0.05, 0) is 43.4 Å². The summed E-state index contributed by atoms with van der Waals surface area (Å²) in [5.74, 6) is 0. The van der Waals surface area contributed by atoms with Crippen LogP contribution in [0.2, 0.25) is 0 Å². The Morgan fingerprint density at radius 1 is 1.45 bits per heavy atom. The van der Waals surface area contributed by atoms with E-state index < -0.39 is 0 Å². The van der Waals surface area contributed by atoms with Crippen molar-refractivity contribution in [3.63, 3.8) is 0 Å². The van der Waals surface area contributed by atoms with Gasteiger partial charge in [-0.15, -0.1) is 0 Å². The summed E-state index contributed by atoms with van der Waals surface area (Å²) in [4.78, 5) is 12.0. The van der Waals surface area contributed by atoms with Gasteiger partial charge in [0, 0.05) is 12.5 Å². The molecule has 2 rings (SSSR count). The number of fused-ring (bicyclic) bond motifs is 1. The maximum atomic E-state index is 4.15. The molecular formula is C6H3ILiN3. The molecule has 0 radical (unpaired) electrons. The molecule has 0 aliphatic heterocycles. The Balaban J connectivity index is 0.000000605. The van der Waals surface area contributed by atoms with E-state index in [0.717, 1.165) is 14.7 Å². The maximum absolute atomic E-state index is 4.15. The van der Waals surface area contributed by atoms with Gasteiger partial charge in [-0.25, -0.2) is 0 Å². The monoisotopic (exact) mass is 251 g/mol. The smallest absolute Gasteiger partial charge is 0.430 e. The van der Waals surface area contributed by atoms with E-state index in [1.54, 1.807) is 6.20 Å². The van der Waals surface area contributed by atoms with Crippen LogP contribution < -0.4 is 23.8 Å². The third-order valence-electron chi connectivity index (χ3n) is 1.21. The van der Waals surface area contributed by atoms with Gasteiger partial charge in [0.2, 0.25) is 0 Å². The van der Waals surface area contributed by atoms with E-state index >= 15 is 0 Å². The first-order valence-corrected chi connectivity index (χ1v) is 3.83. The van der Waals surface area contributed by atoms with Gasteiger partial charge in [0.15, 0.2) is 0 Å². The van der Waals surface area contributed by atoms with E-state index in [-0.39, 0.29) is 18.9 Å². The number of halogens is 1. The van der Waals surface area contributed by atoms with Crippen LogP contribution in [0.1, 0.15) is 0 Å². The molecule has 50 valence electrons. The molecule has 0 aromatic carbocycles. The van der Waals surface area contributed by atoms with E-state index in [9.17, 15) is 0 Å². The number of aromatic nitrogens is 3. The predicted molar refractivity (Wildman–Crippen MR) is 45.6 cm³/mol. The van der Waals surface area contributed by atoms with Crippen LogP contribution in [0.15, 0.2) is 18.6 Å². The molecule has 2 heterocycles. The Morgan fingerprint density at radius 2 is 2.27 bits per heavy atom. The van der Waals surface area contributed by atoms with Crippen molar-refractivity contribution in [3.8, 4) is 0 Å². The number of rotatable bonds is 0. The van der Waals surface area contributed by atoms with Crippen molar-refractivity contribution in [2.75, 3.05) is 0 Å². The first-order valence-electron chi connectivity index (χ1n) is 2.75. The van der Waals surface area contributed by atoms with Crippen LogP contribution in [0.25, 0.3) is 11.0 Å². The van der Waals surface area contributed by atoms with Crippen LogP contribution in [-0.4, -0.2) is 9.97 Å². The molecule has 2 aromatic rings. The second-order valence-corrected chi connectivity index (χ2v) is 2.99. The van der Waals surface area contributed by atoms with Crippen LogP contribution in [0.3, 0.4) is 0 Å². The summed E-state index contributed by atoms with van der Waals surface area (Å²) < 4.78 is 0.966. The van der Waals surface area contributed by atoms with Gasteiger partial charge in [0.05, 0.1) is 0 Å². The van der Waals surface area contributed by atoms with Crippen molar-refractivity contribution < 1.29 is 18.9 Å². The zero-order valence-electron chi connectivity index (χ0n) is 5.95. The van der Waals surface area contributed by atoms with E-state index in [2.05, 4.69) is 37.5 Å². The number of hydrogen-bond donors (Lipinski definition) is 0. The van der Waals surface area contributed by atoms with Crippen molar-refractivity contribution in [2.24, 2.45) is 0 Å². The van der Waals surface area contributed by atoms with Crippen LogP contribution in [0.4, 0.5) is 0 Å². The van der Waals surface area contributed by atoms with Crippen molar-refractivity contribution in [1.82, 2.24) is 15.0 Å². The maximum Gasteiger partial charge on any atom is 1.00 e. The summed E-state index contributed by atoms with van der Waals surface area (Å²) in [5.41, 5.74) is 0.777. The Hall–Kier alpha value is -0.0526. The average molecular weight is 251 g/mol. The standard InChI is InChI=1S/C6H3IN3.Li/c7-5-1-4-2-8-3-9-6(4)10-5;/h1-3H;/q-1;+1. The summed E-state index contributed by atoms with van der Waals surface area (Å²) in [6.07, 6.45) is 3.27. The summed E-state index contributed by atoms with van der Waals surface area (Å²) in [6.45, 7) is 0. The fourth-order valence-electron chi connectivity index (χ4n) is 0.791. The number of nitrogens with zero attached hydrogens (tertiary/aromatic N) is 3. The van der Waals surface area contributed by atoms with Gasteiger partial charge in [-0.3, -0.25) is 4.98 Å². The van der Waals surface area contributed by atoms with Gasteiger partial charge < -0.3 is 9.97 Å². The Morgan fingerprint density at radius 3 is 3.00 bits per heavy atom. The molecule has 5 heteroatoms. The van der Waals surface area contributed by atoms with E-state index in [4.69, 9.17) is 0 Å². The van der Waals surface area contributed by atoms with Crippen molar-refractivity contribution in [2.45, 2.75) is 0 Å². The molecule has 0 N–H and O–H groups in total. The minimum atomic E-state index is 0. The normalized spacial score (nSPS) is 9.55. The molecule has 0 unspecified atom stereocenters. The molecule has 11 heavy (non-hydrogen) atoms. The molecule has 0 atom stereocenters. The van der Waals surface area contributed by atoms with Crippen LogP contribution in [0.5, 0.6) is 0 Å². The molecule has 0 bridgehead atoms. The minimum absolute atomic E-state index is 0. The van der Waals surface area contributed by atoms with Gasteiger partial charge in [-0.2, -0.15) is 0 Å². The first-order chi connectivity index (χ1) is 4.86. The molecule has 0 saturated heterocycles. The zero-order chi connectivity index (χ0) is 6.97. The molecule has 0 aliphatic rings. The molecule has 0 saturated carbocycles. The minimum Gasteiger partial charge on any atom is -0.430 e. The Kier molecular flexibility index (Phi) is 2.93. The Labute approximate surface area is 89.3 Å². The second kappa shape index (κ2) is 3.56. The summed E-state index contributed by atoms with van der Waals surface area (Å²) >= 11 is 2.15. The topological polar surface area (TPSA) is 39.9 Å². The number of hydrogen-bond acceptors (Lipinski definition) is 2. The molecular weight excluding hydrogens is 248 g/mol. The van der Waals surface area contributed by atoms with Crippen molar-refractivity contribution in [3.05, 3.63) is 22.3 Å². The zero-order valence-corrected chi connectivity index (χ0v) is 8.11.